The predicted molar refractivity (Wildman–Crippen MR) is 113 cm³/mol. The quantitative estimate of drug-likeness (QED) is 0.466. The third kappa shape index (κ3) is 5.88. The number of amides is 1. The SMILES string of the molecule is COC(=O)C1CC(F)(F)CC1C(=O)CC(NC(=O)OC(C)(C)C)C1CCc2cc(F)c(F)cc21. The molecule has 4 atom stereocenters. The van der Waals surface area contributed by atoms with Gasteiger partial charge in [0.05, 0.1) is 13.0 Å². The summed E-state index contributed by atoms with van der Waals surface area (Å²) >= 11 is 0. The third-order valence-corrected chi connectivity index (χ3v) is 6.36. The number of Topliss-reactive ketones (excluding diaryl/α,β-unsaturated/α-hetero) is 1. The number of esters is 1. The number of fused-ring (bicyclic) bond motifs is 1. The van der Waals surface area contributed by atoms with Gasteiger partial charge in [0.15, 0.2) is 11.6 Å². The van der Waals surface area contributed by atoms with E-state index in [1.807, 2.05) is 0 Å². The summed E-state index contributed by atoms with van der Waals surface area (Å²) in [5.74, 6) is -9.93. The van der Waals surface area contributed by atoms with Crippen molar-refractivity contribution in [1.82, 2.24) is 5.32 Å². The number of hydrogen-bond acceptors (Lipinski definition) is 5. The van der Waals surface area contributed by atoms with E-state index in [1.165, 1.54) is 0 Å². The molecular formula is C24H29F4NO5. The summed E-state index contributed by atoms with van der Waals surface area (Å²) in [6, 6.07) is 1.19. The summed E-state index contributed by atoms with van der Waals surface area (Å²) in [4.78, 5) is 37.7. The molecule has 188 valence electrons. The summed E-state index contributed by atoms with van der Waals surface area (Å²) in [6.45, 7) is 4.95. The standard InChI is InChI=1S/C24H29F4NO5/c1-23(2,3)34-22(32)29-19(13-6-5-12-7-17(25)18(26)8-14(12)13)9-20(30)15-10-24(27,28)11-16(15)21(31)33-4/h7-8,13,15-16,19H,5-6,9-11H2,1-4H3,(H,29,32). The molecule has 0 bridgehead atoms. The van der Waals surface area contributed by atoms with Gasteiger partial charge in [0.1, 0.15) is 11.4 Å². The van der Waals surface area contributed by atoms with Crippen LogP contribution < -0.4 is 5.32 Å². The number of carbonyl (C=O) groups is 3. The fourth-order valence-corrected chi connectivity index (χ4v) is 4.92. The molecule has 1 aromatic carbocycles. The highest BCUT2D eigenvalue weighted by Gasteiger charge is 2.53. The van der Waals surface area contributed by atoms with Crippen LogP contribution in [-0.4, -0.2) is 42.5 Å². The van der Waals surface area contributed by atoms with Crippen molar-refractivity contribution in [3.63, 3.8) is 0 Å². The molecule has 0 heterocycles. The molecule has 0 radical (unpaired) electrons. The van der Waals surface area contributed by atoms with Gasteiger partial charge in [-0.05, 0) is 56.9 Å². The first-order chi connectivity index (χ1) is 15.7. The number of hydrogen-bond donors (Lipinski definition) is 1. The summed E-state index contributed by atoms with van der Waals surface area (Å²) in [5.41, 5.74) is 0.145. The van der Waals surface area contributed by atoms with Crippen molar-refractivity contribution in [2.24, 2.45) is 11.8 Å². The van der Waals surface area contributed by atoms with Crippen LogP contribution >= 0.6 is 0 Å². The maximum Gasteiger partial charge on any atom is 0.407 e. The van der Waals surface area contributed by atoms with Crippen LogP contribution in [0.4, 0.5) is 22.4 Å². The molecule has 3 rings (SSSR count). The Labute approximate surface area is 195 Å². The smallest absolute Gasteiger partial charge is 0.407 e. The van der Waals surface area contributed by atoms with Crippen LogP contribution in [0.5, 0.6) is 0 Å². The van der Waals surface area contributed by atoms with Gasteiger partial charge in [-0.3, -0.25) is 9.59 Å². The van der Waals surface area contributed by atoms with Crippen molar-refractivity contribution >= 4 is 17.8 Å². The molecule has 34 heavy (non-hydrogen) atoms. The summed E-state index contributed by atoms with van der Waals surface area (Å²) in [5, 5.41) is 2.62. The molecule has 0 spiro atoms. The van der Waals surface area contributed by atoms with Crippen molar-refractivity contribution in [2.45, 2.75) is 76.4 Å². The number of ether oxygens (including phenoxy) is 2. The van der Waals surface area contributed by atoms with E-state index < -0.39 is 77.6 Å². The molecule has 1 amide bonds. The predicted octanol–water partition coefficient (Wildman–Crippen LogP) is 4.68. The maximum absolute atomic E-state index is 14.1. The monoisotopic (exact) mass is 487 g/mol. The zero-order valence-electron chi connectivity index (χ0n) is 19.6. The van der Waals surface area contributed by atoms with Gasteiger partial charge >= 0.3 is 12.1 Å². The second-order valence-corrected chi connectivity index (χ2v) is 10.0. The topological polar surface area (TPSA) is 81.7 Å². The minimum Gasteiger partial charge on any atom is -0.469 e. The molecule has 0 aromatic heterocycles. The highest BCUT2D eigenvalue weighted by Crippen LogP contribution is 2.45. The maximum atomic E-state index is 14.1. The lowest BCUT2D eigenvalue weighted by atomic mass is 9.84. The number of rotatable bonds is 6. The Balaban J connectivity index is 1.88. The lowest BCUT2D eigenvalue weighted by Crippen LogP contribution is -2.44. The van der Waals surface area contributed by atoms with Gasteiger partial charge in [-0.15, -0.1) is 0 Å². The van der Waals surface area contributed by atoms with Crippen molar-refractivity contribution < 1.29 is 41.4 Å². The average Bonchev–Trinajstić information content (AvgIpc) is 3.25. The average molecular weight is 487 g/mol. The van der Waals surface area contributed by atoms with Gasteiger partial charge in [0.2, 0.25) is 5.92 Å². The molecular weight excluding hydrogens is 458 g/mol. The summed E-state index contributed by atoms with van der Waals surface area (Å²) < 4.78 is 65.8. The van der Waals surface area contributed by atoms with Crippen molar-refractivity contribution in [2.75, 3.05) is 7.11 Å². The minimum absolute atomic E-state index is 0.378. The van der Waals surface area contributed by atoms with Gasteiger partial charge < -0.3 is 14.8 Å². The van der Waals surface area contributed by atoms with E-state index in [0.717, 1.165) is 19.2 Å². The summed E-state index contributed by atoms with van der Waals surface area (Å²) in [7, 11) is 1.07. The first kappa shape index (κ1) is 26.0. The molecule has 0 aliphatic heterocycles. The molecule has 1 saturated carbocycles. The number of nitrogens with one attached hydrogen (secondary N) is 1. The third-order valence-electron chi connectivity index (χ3n) is 6.36. The van der Waals surface area contributed by atoms with Gasteiger partial charge in [-0.1, -0.05) is 0 Å². The van der Waals surface area contributed by atoms with Crippen LogP contribution in [0.1, 0.15) is 63.5 Å². The fourth-order valence-electron chi connectivity index (χ4n) is 4.92. The van der Waals surface area contributed by atoms with Crippen molar-refractivity contribution in [3.05, 3.63) is 34.9 Å². The molecule has 2 aliphatic rings. The van der Waals surface area contributed by atoms with Gasteiger partial charge in [0, 0.05) is 37.1 Å². The Kier molecular flexibility index (Phi) is 7.28. The lowest BCUT2D eigenvalue weighted by molar-refractivity contribution is -0.149. The minimum atomic E-state index is -3.20. The van der Waals surface area contributed by atoms with Crippen molar-refractivity contribution in [1.29, 1.82) is 0 Å². The summed E-state index contributed by atoms with van der Waals surface area (Å²) in [6.07, 6.45) is -2.03. The second-order valence-electron chi connectivity index (χ2n) is 10.0. The van der Waals surface area contributed by atoms with E-state index in [4.69, 9.17) is 4.74 Å². The van der Waals surface area contributed by atoms with Gasteiger partial charge in [-0.2, -0.15) is 0 Å². The van der Waals surface area contributed by atoms with E-state index in [9.17, 15) is 31.9 Å². The molecule has 1 N–H and O–H groups in total. The Morgan fingerprint density at radius 3 is 2.35 bits per heavy atom. The molecule has 1 aromatic rings. The molecule has 0 saturated heterocycles. The molecule has 4 unspecified atom stereocenters. The zero-order valence-corrected chi connectivity index (χ0v) is 19.6. The number of alkyl carbamates (subject to hydrolysis) is 1. The van der Waals surface area contributed by atoms with Crippen molar-refractivity contribution in [3.8, 4) is 0 Å². The molecule has 10 heteroatoms. The molecule has 2 aliphatic carbocycles. The molecule has 6 nitrogen and oxygen atoms in total. The Morgan fingerprint density at radius 1 is 1.12 bits per heavy atom. The Bertz CT molecular complexity index is 975. The van der Waals surface area contributed by atoms with Crippen LogP contribution in [0.3, 0.4) is 0 Å². The van der Waals surface area contributed by atoms with Gasteiger partial charge in [-0.25, -0.2) is 22.4 Å². The van der Waals surface area contributed by atoms with E-state index in [2.05, 4.69) is 10.1 Å². The van der Waals surface area contributed by atoms with Crippen LogP contribution in [-0.2, 0) is 25.5 Å². The number of methoxy groups -OCH3 is 1. The highest BCUT2D eigenvalue weighted by atomic mass is 19.3. The number of carbonyl (C=O) groups excluding carboxylic acids is 3. The van der Waals surface area contributed by atoms with E-state index in [-0.39, 0.29) is 6.42 Å². The number of alkyl halides is 2. The van der Waals surface area contributed by atoms with Crippen LogP contribution in [0.2, 0.25) is 0 Å². The van der Waals surface area contributed by atoms with E-state index in [1.54, 1.807) is 20.8 Å². The van der Waals surface area contributed by atoms with Crippen LogP contribution in [0, 0.1) is 23.5 Å². The molecule has 1 fully saturated rings. The number of benzene rings is 1. The second kappa shape index (κ2) is 9.54. The number of ketones is 1. The van der Waals surface area contributed by atoms with E-state index in [0.29, 0.717) is 24.0 Å². The van der Waals surface area contributed by atoms with Crippen LogP contribution in [0.25, 0.3) is 0 Å². The highest BCUT2D eigenvalue weighted by molar-refractivity contribution is 5.88. The largest absolute Gasteiger partial charge is 0.469 e. The normalized spacial score (nSPS) is 24.3. The zero-order chi connectivity index (χ0) is 25.4. The van der Waals surface area contributed by atoms with Gasteiger partial charge in [0.25, 0.3) is 0 Å². The first-order valence-electron chi connectivity index (χ1n) is 11.2. The van der Waals surface area contributed by atoms with E-state index >= 15 is 0 Å². The Hall–Kier alpha value is -2.65. The fraction of sp³-hybridized carbons (Fsp3) is 0.625. The van der Waals surface area contributed by atoms with Crippen LogP contribution in [0.15, 0.2) is 12.1 Å². The number of halogens is 4. The lowest BCUT2D eigenvalue weighted by Gasteiger charge is -2.28. The Morgan fingerprint density at radius 2 is 1.74 bits per heavy atom. The first-order valence-corrected chi connectivity index (χ1v) is 11.2. The number of aryl methyl sites for hydroxylation is 1.